The smallest absolute Gasteiger partial charge is 0.222 e. The highest BCUT2D eigenvalue weighted by Gasteiger charge is 2.18. The van der Waals surface area contributed by atoms with E-state index in [1.165, 1.54) is 89.9 Å². The lowest BCUT2D eigenvalue weighted by Crippen LogP contribution is -2.43. The lowest BCUT2D eigenvalue weighted by Gasteiger charge is -2.28. The molecule has 2 amide bonds. The Morgan fingerprint density at radius 3 is 0.721 bits per heavy atom. The van der Waals surface area contributed by atoms with Crippen molar-refractivity contribution in [2.45, 2.75) is 155 Å². The van der Waals surface area contributed by atoms with Gasteiger partial charge in [-0.2, -0.15) is 0 Å². The highest BCUT2D eigenvalue weighted by Crippen LogP contribution is 2.14. The molecule has 16 nitrogen and oxygen atoms in total. The van der Waals surface area contributed by atoms with Gasteiger partial charge in [0.25, 0.3) is 0 Å². The minimum atomic E-state index is 0.00639. The lowest BCUT2D eigenvalue weighted by molar-refractivity contribution is -0.136. The monoisotopic (exact) mass is 981 g/mol. The van der Waals surface area contributed by atoms with Gasteiger partial charge >= 0.3 is 0 Å². The summed E-state index contributed by atoms with van der Waals surface area (Å²) in [5.41, 5.74) is 0. The normalized spacial score (nSPS) is 11.5. The molecule has 0 radical (unpaired) electrons. The molecule has 0 aliphatic heterocycles. The van der Waals surface area contributed by atoms with Crippen molar-refractivity contribution in [2.24, 2.45) is 0 Å². The molecular formula is C52H104N2O14. The number of carbonyl (C=O) groups excluding carboxylic acids is 2. The minimum Gasteiger partial charge on any atom is -0.394 e. The van der Waals surface area contributed by atoms with E-state index in [1.54, 1.807) is 0 Å². The van der Waals surface area contributed by atoms with Crippen LogP contribution in [0.25, 0.3) is 0 Å². The van der Waals surface area contributed by atoms with Gasteiger partial charge in [-0.1, -0.05) is 129 Å². The molecule has 16 heteroatoms. The third kappa shape index (κ3) is 50.8. The van der Waals surface area contributed by atoms with Gasteiger partial charge in [0.15, 0.2) is 0 Å². The predicted octanol–water partition coefficient (Wildman–Crippen LogP) is 7.42. The van der Waals surface area contributed by atoms with Crippen molar-refractivity contribution < 1.29 is 67.2 Å². The predicted molar refractivity (Wildman–Crippen MR) is 268 cm³/mol. The van der Waals surface area contributed by atoms with Crippen LogP contribution in [0.5, 0.6) is 0 Å². The fourth-order valence-electron chi connectivity index (χ4n) is 7.25. The Morgan fingerprint density at radius 1 is 0.279 bits per heavy atom. The zero-order valence-corrected chi connectivity index (χ0v) is 43.6. The summed E-state index contributed by atoms with van der Waals surface area (Å²) in [4.78, 5) is 31.1. The Hall–Kier alpha value is -1.54. The van der Waals surface area contributed by atoms with Crippen LogP contribution in [0.1, 0.15) is 155 Å². The van der Waals surface area contributed by atoms with Crippen molar-refractivity contribution in [1.82, 2.24) is 9.80 Å². The molecule has 0 saturated carbocycles. The maximum Gasteiger partial charge on any atom is 0.222 e. The SMILES string of the molecule is CCCCCCCCCCCCC(=O)N(CCOCCOCCOCCOCCOCCO)CCN(CCOCCOCCOCCOCCOCCO)C(=O)CCCCCCCCCCCC. The van der Waals surface area contributed by atoms with E-state index in [0.29, 0.717) is 171 Å². The van der Waals surface area contributed by atoms with Crippen molar-refractivity contribution in [3.8, 4) is 0 Å². The highest BCUT2D eigenvalue weighted by atomic mass is 16.6. The number of hydrogen-bond acceptors (Lipinski definition) is 14. The molecule has 0 bridgehead atoms. The van der Waals surface area contributed by atoms with Gasteiger partial charge in [0, 0.05) is 39.0 Å². The zero-order valence-electron chi connectivity index (χ0n) is 43.6. The number of hydrogen-bond donors (Lipinski definition) is 2. The van der Waals surface area contributed by atoms with Crippen molar-refractivity contribution in [3.63, 3.8) is 0 Å². The van der Waals surface area contributed by atoms with Crippen LogP contribution in [0.2, 0.25) is 0 Å². The topological polar surface area (TPSA) is 173 Å². The van der Waals surface area contributed by atoms with Crippen LogP contribution in [0.4, 0.5) is 0 Å². The highest BCUT2D eigenvalue weighted by molar-refractivity contribution is 5.77. The van der Waals surface area contributed by atoms with Crippen LogP contribution in [0, 0.1) is 0 Å². The second-order valence-electron chi connectivity index (χ2n) is 17.2. The lowest BCUT2D eigenvalue weighted by atomic mass is 10.1. The Balaban J connectivity index is 4.97. The standard InChI is InChI=1S/C52H104N2O14/c1-3-5-7-9-11-13-15-17-19-21-23-51(57)53(27-31-59-35-39-63-43-47-67-49-45-65-41-37-61-33-29-55)25-26-54(52(58)24-22-20-18-16-14-12-10-8-6-4-2)28-32-60-36-40-64-44-48-68-50-46-66-42-38-62-34-30-56/h55-56H,3-50H2,1-2H3. The van der Waals surface area contributed by atoms with Crippen LogP contribution >= 0.6 is 0 Å². The quantitative estimate of drug-likeness (QED) is 0.0577. The number of ether oxygens (including phenoxy) is 10. The van der Waals surface area contributed by atoms with E-state index in [1.807, 2.05) is 9.80 Å². The van der Waals surface area contributed by atoms with Gasteiger partial charge in [0.1, 0.15) is 0 Å². The number of rotatable bonds is 59. The number of unbranched alkanes of at least 4 members (excludes halogenated alkanes) is 18. The molecule has 2 N–H and O–H groups in total. The van der Waals surface area contributed by atoms with E-state index >= 15 is 0 Å². The molecule has 68 heavy (non-hydrogen) atoms. The van der Waals surface area contributed by atoms with Crippen LogP contribution in [0.3, 0.4) is 0 Å². The Kier molecular flexibility index (Phi) is 56.7. The summed E-state index contributed by atoms with van der Waals surface area (Å²) < 4.78 is 55.4. The van der Waals surface area contributed by atoms with E-state index in [-0.39, 0.29) is 25.0 Å². The maximum atomic E-state index is 13.7. The first-order valence-corrected chi connectivity index (χ1v) is 27.1. The molecule has 0 heterocycles. The molecule has 0 aromatic carbocycles. The van der Waals surface area contributed by atoms with Crippen LogP contribution < -0.4 is 0 Å². The molecule has 0 saturated heterocycles. The van der Waals surface area contributed by atoms with Gasteiger partial charge in [-0.05, 0) is 12.8 Å². The number of aliphatic hydroxyl groups excluding tert-OH is 2. The van der Waals surface area contributed by atoms with Crippen LogP contribution in [-0.2, 0) is 57.0 Å². The molecule has 0 aliphatic carbocycles. The third-order valence-corrected chi connectivity index (χ3v) is 11.3. The molecule has 0 rings (SSSR count). The van der Waals surface area contributed by atoms with E-state index in [2.05, 4.69) is 13.8 Å². The molecule has 0 aromatic heterocycles. The average molecular weight is 981 g/mol. The molecule has 406 valence electrons. The van der Waals surface area contributed by atoms with Crippen LogP contribution in [-0.4, -0.2) is 203 Å². The van der Waals surface area contributed by atoms with Crippen molar-refractivity contribution in [2.75, 3.05) is 172 Å². The number of aliphatic hydroxyl groups is 2. The fourth-order valence-corrected chi connectivity index (χ4v) is 7.25. The Morgan fingerprint density at radius 2 is 0.485 bits per heavy atom. The summed E-state index contributed by atoms with van der Waals surface area (Å²) in [6.45, 7) is 14.9. The van der Waals surface area contributed by atoms with Gasteiger partial charge in [0.05, 0.1) is 145 Å². The van der Waals surface area contributed by atoms with Gasteiger partial charge < -0.3 is 67.4 Å². The summed E-state index contributed by atoms with van der Waals surface area (Å²) >= 11 is 0. The largest absolute Gasteiger partial charge is 0.394 e. The zero-order chi connectivity index (χ0) is 49.3. The second kappa shape index (κ2) is 58.0. The van der Waals surface area contributed by atoms with Gasteiger partial charge in [0.2, 0.25) is 11.8 Å². The van der Waals surface area contributed by atoms with Crippen LogP contribution in [0.15, 0.2) is 0 Å². The number of carbonyl (C=O) groups is 2. The summed E-state index contributed by atoms with van der Waals surface area (Å²) in [5.74, 6) is 0.220. The van der Waals surface area contributed by atoms with Crippen molar-refractivity contribution >= 4 is 11.8 Å². The molecular weight excluding hydrogens is 877 g/mol. The summed E-state index contributed by atoms with van der Waals surface area (Å²) in [7, 11) is 0. The van der Waals surface area contributed by atoms with Gasteiger partial charge in [-0.15, -0.1) is 0 Å². The summed E-state index contributed by atoms with van der Waals surface area (Å²) in [5, 5.41) is 17.5. The molecule has 0 spiro atoms. The minimum absolute atomic E-state index is 0.00639. The second-order valence-corrected chi connectivity index (χ2v) is 17.2. The summed E-state index contributed by atoms with van der Waals surface area (Å²) in [6.07, 6.45) is 25.2. The van der Waals surface area contributed by atoms with Crippen molar-refractivity contribution in [3.05, 3.63) is 0 Å². The van der Waals surface area contributed by atoms with E-state index in [0.717, 1.165) is 38.5 Å². The summed E-state index contributed by atoms with van der Waals surface area (Å²) in [6, 6.07) is 0. The van der Waals surface area contributed by atoms with Gasteiger partial charge in [-0.3, -0.25) is 9.59 Å². The fraction of sp³-hybridized carbons (Fsp3) is 0.962. The molecule has 0 fully saturated rings. The maximum absolute atomic E-state index is 13.7. The van der Waals surface area contributed by atoms with Gasteiger partial charge in [-0.25, -0.2) is 0 Å². The molecule has 0 aliphatic rings. The van der Waals surface area contributed by atoms with Crippen molar-refractivity contribution in [1.29, 1.82) is 0 Å². The average Bonchev–Trinajstić information content (AvgIpc) is 3.34. The third-order valence-electron chi connectivity index (χ3n) is 11.3. The molecule has 0 unspecified atom stereocenters. The Labute approximate surface area is 414 Å². The van der Waals surface area contributed by atoms with E-state index in [4.69, 9.17) is 57.6 Å². The molecule has 0 atom stereocenters. The number of nitrogens with zero attached hydrogens (tertiary/aromatic N) is 2. The molecule has 0 aromatic rings. The first kappa shape index (κ1) is 66.5. The van der Waals surface area contributed by atoms with E-state index < -0.39 is 0 Å². The number of amides is 2. The first-order valence-electron chi connectivity index (χ1n) is 27.1. The Bertz CT molecular complexity index is 928. The first-order chi connectivity index (χ1) is 33.6. The van der Waals surface area contributed by atoms with E-state index in [9.17, 15) is 9.59 Å².